The van der Waals surface area contributed by atoms with Crippen molar-refractivity contribution in [3.63, 3.8) is 0 Å². The van der Waals surface area contributed by atoms with E-state index in [2.05, 4.69) is 21.1 Å². The van der Waals surface area contributed by atoms with Crippen molar-refractivity contribution in [1.29, 1.82) is 0 Å². The number of anilines is 1. The van der Waals surface area contributed by atoms with Crippen molar-refractivity contribution in [2.24, 2.45) is 0 Å². The first-order valence-corrected chi connectivity index (χ1v) is 11.6. The number of hydrogen-bond acceptors (Lipinski definition) is 5. The van der Waals surface area contributed by atoms with Gasteiger partial charge in [0, 0.05) is 51.3 Å². The number of nitrogens with one attached hydrogen (secondary N) is 2. The van der Waals surface area contributed by atoms with Crippen molar-refractivity contribution < 1.29 is 4.79 Å². The number of amides is 1. The molecule has 5 rings (SSSR count). The van der Waals surface area contributed by atoms with E-state index in [1.54, 1.807) is 0 Å². The standard InChI is InChI=1S/C24H27N7O3/c1-3-30-22-21(23(33)28-24(30)34)31(13-16-7-9-17(10-8-16)25-15(2)32)20(27-22)12-18-14-29-11-5-4-6-19(29)26-18/h7-10,14H,3-6,11-13H2,1-2H3,(H,25,32)(H,28,33,34). The van der Waals surface area contributed by atoms with E-state index in [1.807, 2.05) is 35.8 Å². The van der Waals surface area contributed by atoms with E-state index in [4.69, 9.17) is 9.97 Å². The smallest absolute Gasteiger partial charge is 0.330 e. The Labute approximate surface area is 195 Å². The first-order valence-electron chi connectivity index (χ1n) is 11.6. The lowest BCUT2D eigenvalue weighted by molar-refractivity contribution is -0.114. The molecule has 10 nitrogen and oxygen atoms in total. The Morgan fingerprint density at radius 1 is 1.12 bits per heavy atom. The minimum absolute atomic E-state index is 0.137. The van der Waals surface area contributed by atoms with Crippen LogP contribution in [0, 0.1) is 0 Å². The molecule has 0 saturated heterocycles. The van der Waals surface area contributed by atoms with E-state index in [1.165, 1.54) is 11.5 Å². The lowest BCUT2D eigenvalue weighted by Gasteiger charge is -2.11. The molecule has 10 heteroatoms. The number of aromatic amines is 1. The van der Waals surface area contributed by atoms with Crippen LogP contribution >= 0.6 is 0 Å². The van der Waals surface area contributed by atoms with Crippen LogP contribution in [-0.4, -0.2) is 34.6 Å². The Bertz CT molecular complexity index is 1460. The number of imidazole rings is 2. The number of benzene rings is 1. The second kappa shape index (κ2) is 8.77. The SMILES string of the molecule is CCn1c(=O)[nH]c(=O)c2c1nc(Cc1cn3c(n1)CCCC3)n2Cc1ccc(NC(C)=O)cc1. The molecule has 0 fully saturated rings. The highest BCUT2D eigenvalue weighted by Gasteiger charge is 2.20. The number of rotatable bonds is 6. The summed E-state index contributed by atoms with van der Waals surface area (Å²) in [6.07, 6.45) is 5.77. The molecule has 3 aromatic heterocycles. The maximum atomic E-state index is 12.9. The second-order valence-electron chi connectivity index (χ2n) is 8.64. The van der Waals surface area contributed by atoms with Gasteiger partial charge in [0.05, 0.1) is 5.69 Å². The highest BCUT2D eigenvalue weighted by molar-refractivity contribution is 5.88. The summed E-state index contributed by atoms with van der Waals surface area (Å²) in [5, 5.41) is 2.76. The Morgan fingerprint density at radius 2 is 1.91 bits per heavy atom. The molecule has 0 spiro atoms. The molecule has 0 bridgehead atoms. The number of nitrogens with zero attached hydrogens (tertiary/aromatic N) is 5. The van der Waals surface area contributed by atoms with Gasteiger partial charge in [-0.3, -0.25) is 19.1 Å². The number of H-pyrrole nitrogens is 1. The third kappa shape index (κ3) is 4.07. The molecular formula is C24H27N7O3. The van der Waals surface area contributed by atoms with Crippen molar-refractivity contribution in [3.8, 4) is 0 Å². The minimum atomic E-state index is -0.465. The van der Waals surface area contributed by atoms with Gasteiger partial charge in [-0.05, 0) is 37.5 Å². The third-order valence-electron chi connectivity index (χ3n) is 6.19. The normalized spacial score (nSPS) is 13.2. The zero-order valence-corrected chi connectivity index (χ0v) is 19.3. The lowest BCUT2D eigenvalue weighted by atomic mass is 10.2. The molecule has 4 heterocycles. The van der Waals surface area contributed by atoms with E-state index in [-0.39, 0.29) is 5.91 Å². The summed E-state index contributed by atoms with van der Waals surface area (Å²) in [6.45, 7) is 5.07. The Kier molecular flexibility index (Phi) is 5.64. The van der Waals surface area contributed by atoms with Gasteiger partial charge in [0.1, 0.15) is 11.6 Å². The molecule has 0 saturated carbocycles. The fraction of sp³-hybridized carbons (Fsp3) is 0.375. The van der Waals surface area contributed by atoms with Gasteiger partial charge in [0.2, 0.25) is 5.91 Å². The van der Waals surface area contributed by atoms with Gasteiger partial charge in [0.25, 0.3) is 5.56 Å². The molecule has 34 heavy (non-hydrogen) atoms. The average Bonchev–Trinajstić information content (AvgIpc) is 3.36. The Balaban J connectivity index is 1.59. The van der Waals surface area contributed by atoms with Gasteiger partial charge in [-0.15, -0.1) is 0 Å². The summed E-state index contributed by atoms with van der Waals surface area (Å²) in [5.41, 5.74) is 2.36. The molecule has 0 atom stereocenters. The monoisotopic (exact) mass is 461 g/mol. The fourth-order valence-corrected chi connectivity index (χ4v) is 4.61. The van der Waals surface area contributed by atoms with E-state index in [0.717, 1.165) is 42.9 Å². The molecule has 1 aliphatic heterocycles. The minimum Gasteiger partial charge on any atom is -0.335 e. The van der Waals surface area contributed by atoms with Gasteiger partial charge < -0.3 is 14.5 Å². The quantitative estimate of drug-likeness (QED) is 0.455. The average molecular weight is 462 g/mol. The lowest BCUT2D eigenvalue weighted by Crippen LogP contribution is -2.30. The van der Waals surface area contributed by atoms with Crippen LogP contribution in [0.1, 0.15) is 49.6 Å². The van der Waals surface area contributed by atoms with Crippen molar-refractivity contribution in [1.82, 2.24) is 28.7 Å². The van der Waals surface area contributed by atoms with Gasteiger partial charge in [-0.25, -0.2) is 14.8 Å². The van der Waals surface area contributed by atoms with Gasteiger partial charge in [-0.1, -0.05) is 12.1 Å². The summed E-state index contributed by atoms with van der Waals surface area (Å²) in [4.78, 5) is 48.6. The fourth-order valence-electron chi connectivity index (χ4n) is 4.61. The van der Waals surface area contributed by atoms with E-state index >= 15 is 0 Å². The molecule has 2 N–H and O–H groups in total. The van der Waals surface area contributed by atoms with Crippen LogP contribution in [0.4, 0.5) is 5.69 Å². The number of carbonyl (C=O) groups is 1. The maximum absolute atomic E-state index is 12.9. The molecule has 1 aliphatic rings. The van der Waals surface area contributed by atoms with E-state index in [9.17, 15) is 14.4 Å². The van der Waals surface area contributed by atoms with Crippen molar-refractivity contribution >= 4 is 22.8 Å². The predicted molar refractivity (Wildman–Crippen MR) is 128 cm³/mol. The molecule has 0 aliphatic carbocycles. The van der Waals surface area contributed by atoms with Crippen molar-refractivity contribution in [3.05, 3.63) is 74.2 Å². The first-order chi connectivity index (χ1) is 16.4. The molecule has 4 aromatic rings. The molecular weight excluding hydrogens is 434 g/mol. The van der Waals surface area contributed by atoms with Crippen LogP contribution in [0.15, 0.2) is 40.1 Å². The summed E-state index contributed by atoms with van der Waals surface area (Å²) < 4.78 is 5.54. The number of aromatic nitrogens is 6. The molecule has 0 unspecified atom stereocenters. The van der Waals surface area contributed by atoms with Crippen molar-refractivity contribution in [2.75, 3.05) is 5.32 Å². The number of aryl methyl sites for hydroxylation is 3. The highest BCUT2D eigenvalue weighted by atomic mass is 16.2. The topological polar surface area (TPSA) is 120 Å². The van der Waals surface area contributed by atoms with Crippen LogP contribution in [-0.2, 0) is 37.3 Å². The Hall–Kier alpha value is -3.95. The summed E-state index contributed by atoms with van der Waals surface area (Å²) in [5.74, 6) is 1.62. The van der Waals surface area contributed by atoms with E-state index < -0.39 is 11.2 Å². The number of carbonyl (C=O) groups excluding carboxylic acids is 1. The molecule has 1 amide bonds. The molecule has 1 aromatic carbocycles. The van der Waals surface area contributed by atoms with Crippen LogP contribution in [0.25, 0.3) is 11.2 Å². The summed E-state index contributed by atoms with van der Waals surface area (Å²) in [6, 6.07) is 7.46. The summed E-state index contributed by atoms with van der Waals surface area (Å²) >= 11 is 0. The number of hydrogen-bond donors (Lipinski definition) is 2. The molecule has 176 valence electrons. The maximum Gasteiger partial charge on any atom is 0.330 e. The number of fused-ring (bicyclic) bond motifs is 2. The van der Waals surface area contributed by atoms with Gasteiger partial charge >= 0.3 is 5.69 Å². The summed E-state index contributed by atoms with van der Waals surface area (Å²) in [7, 11) is 0. The van der Waals surface area contributed by atoms with Crippen LogP contribution in [0.2, 0.25) is 0 Å². The Morgan fingerprint density at radius 3 is 2.62 bits per heavy atom. The first kappa shape index (κ1) is 21.9. The van der Waals surface area contributed by atoms with Crippen LogP contribution in [0.5, 0.6) is 0 Å². The van der Waals surface area contributed by atoms with E-state index in [0.29, 0.717) is 42.2 Å². The second-order valence-corrected chi connectivity index (χ2v) is 8.64. The predicted octanol–water partition coefficient (Wildman–Crippen LogP) is 2.04. The van der Waals surface area contributed by atoms with Gasteiger partial charge in [0.15, 0.2) is 11.2 Å². The van der Waals surface area contributed by atoms with Crippen LogP contribution in [0.3, 0.4) is 0 Å². The van der Waals surface area contributed by atoms with Crippen LogP contribution < -0.4 is 16.6 Å². The third-order valence-corrected chi connectivity index (χ3v) is 6.19. The molecule has 0 radical (unpaired) electrons. The van der Waals surface area contributed by atoms with Gasteiger partial charge in [-0.2, -0.15) is 0 Å². The zero-order valence-electron chi connectivity index (χ0n) is 19.3. The van der Waals surface area contributed by atoms with Crippen molar-refractivity contribution in [2.45, 2.75) is 59.2 Å². The largest absolute Gasteiger partial charge is 0.335 e. The zero-order chi connectivity index (χ0) is 23.8. The highest BCUT2D eigenvalue weighted by Crippen LogP contribution is 2.20.